The number of hydrogen-bond acceptors (Lipinski definition) is 5. The first-order valence-electron chi connectivity index (χ1n) is 10.9. The Balaban J connectivity index is 1.44. The summed E-state index contributed by atoms with van der Waals surface area (Å²) in [6.45, 7) is 8.14. The van der Waals surface area contributed by atoms with Crippen molar-refractivity contribution in [3.63, 3.8) is 0 Å². The summed E-state index contributed by atoms with van der Waals surface area (Å²) >= 11 is 0. The molecule has 1 N–H and O–H groups in total. The lowest BCUT2D eigenvalue weighted by Gasteiger charge is -2.39. The lowest BCUT2D eigenvalue weighted by Crippen LogP contribution is -2.51. The molecule has 1 aromatic carbocycles. The quantitative estimate of drug-likeness (QED) is 0.657. The second-order valence-electron chi connectivity index (χ2n) is 8.45. The van der Waals surface area contributed by atoms with E-state index in [-0.39, 0.29) is 11.8 Å². The number of fused-ring (bicyclic) bond motifs is 1. The molecule has 1 aliphatic rings. The van der Waals surface area contributed by atoms with Gasteiger partial charge in [0.2, 0.25) is 5.91 Å². The van der Waals surface area contributed by atoms with Crippen molar-refractivity contribution in [1.29, 1.82) is 0 Å². The fourth-order valence-corrected chi connectivity index (χ4v) is 4.22. The van der Waals surface area contributed by atoms with Crippen LogP contribution in [0.15, 0.2) is 35.1 Å². The van der Waals surface area contributed by atoms with Gasteiger partial charge in [-0.1, -0.05) is 12.1 Å². The number of nitrogens with zero attached hydrogens (tertiary/aromatic N) is 4. The molecule has 0 spiro atoms. The highest BCUT2D eigenvalue weighted by Gasteiger charge is 2.39. The number of nitrogens with one attached hydrogen (secondary N) is 1. The summed E-state index contributed by atoms with van der Waals surface area (Å²) < 4.78 is 7.30. The number of likely N-dealkylation sites (tertiary alicyclic amines) is 1. The number of aryl methyl sites for hydroxylation is 2. The standard InChI is InChI=1S/C23H29N5O3/c1-4-17-12-18(31-26-17)13-24-22(30)23(3)9-6-10-28(14-23)21(29)16-7-8-20-19(11-16)25-15-27(20)5-2/h7-8,11-12,15H,4-6,9-10,13-14H2,1-3H3,(H,24,30)/t23-/m1/s1. The highest BCUT2D eigenvalue weighted by atomic mass is 16.5. The summed E-state index contributed by atoms with van der Waals surface area (Å²) in [5.74, 6) is 0.503. The number of piperidine rings is 1. The molecule has 0 bridgehead atoms. The molecule has 164 valence electrons. The summed E-state index contributed by atoms with van der Waals surface area (Å²) in [6.07, 6.45) is 4.10. The molecule has 1 atom stereocenters. The predicted octanol–water partition coefficient (Wildman–Crippen LogP) is 3.17. The lowest BCUT2D eigenvalue weighted by molar-refractivity contribution is -0.132. The van der Waals surface area contributed by atoms with E-state index in [2.05, 4.69) is 22.4 Å². The van der Waals surface area contributed by atoms with E-state index in [1.807, 2.05) is 42.7 Å². The van der Waals surface area contributed by atoms with E-state index < -0.39 is 5.41 Å². The minimum atomic E-state index is -0.643. The number of imidazole rings is 1. The summed E-state index contributed by atoms with van der Waals surface area (Å²) in [5, 5.41) is 6.91. The van der Waals surface area contributed by atoms with Crippen LogP contribution in [0.5, 0.6) is 0 Å². The monoisotopic (exact) mass is 423 g/mol. The zero-order valence-electron chi connectivity index (χ0n) is 18.4. The van der Waals surface area contributed by atoms with Crippen molar-refractivity contribution < 1.29 is 14.1 Å². The number of aromatic nitrogens is 3. The fraction of sp³-hybridized carbons (Fsp3) is 0.478. The van der Waals surface area contributed by atoms with Crippen LogP contribution in [-0.4, -0.2) is 44.5 Å². The highest BCUT2D eigenvalue weighted by Crippen LogP contribution is 2.31. The van der Waals surface area contributed by atoms with E-state index in [1.165, 1.54) is 0 Å². The Labute approximate surface area is 181 Å². The molecule has 0 aliphatic carbocycles. The van der Waals surface area contributed by atoms with E-state index in [0.29, 0.717) is 31.0 Å². The van der Waals surface area contributed by atoms with Crippen LogP contribution < -0.4 is 5.32 Å². The normalized spacial score (nSPS) is 19.0. The Kier molecular flexibility index (Phi) is 5.80. The van der Waals surface area contributed by atoms with Gasteiger partial charge in [0.1, 0.15) is 0 Å². The molecule has 1 fully saturated rings. The van der Waals surface area contributed by atoms with E-state index in [0.717, 1.165) is 42.5 Å². The maximum atomic E-state index is 13.2. The van der Waals surface area contributed by atoms with Gasteiger partial charge in [0.15, 0.2) is 5.76 Å². The third-order valence-electron chi connectivity index (χ3n) is 6.13. The Hall–Kier alpha value is -3.16. The van der Waals surface area contributed by atoms with Crippen molar-refractivity contribution >= 4 is 22.8 Å². The van der Waals surface area contributed by atoms with Crippen LogP contribution in [0.4, 0.5) is 0 Å². The second kappa shape index (κ2) is 8.53. The van der Waals surface area contributed by atoms with Gasteiger partial charge in [0.25, 0.3) is 5.91 Å². The van der Waals surface area contributed by atoms with Crippen molar-refractivity contribution in [2.24, 2.45) is 5.41 Å². The van der Waals surface area contributed by atoms with Crippen molar-refractivity contribution in [2.45, 2.75) is 53.1 Å². The van der Waals surface area contributed by atoms with Crippen LogP contribution >= 0.6 is 0 Å². The van der Waals surface area contributed by atoms with Gasteiger partial charge in [-0.05, 0) is 51.3 Å². The summed E-state index contributed by atoms with van der Waals surface area (Å²) in [4.78, 5) is 32.3. The van der Waals surface area contributed by atoms with Gasteiger partial charge in [-0.25, -0.2) is 4.98 Å². The smallest absolute Gasteiger partial charge is 0.253 e. The average molecular weight is 424 g/mol. The summed E-state index contributed by atoms with van der Waals surface area (Å²) in [5.41, 5.74) is 2.65. The van der Waals surface area contributed by atoms with Crippen molar-refractivity contribution in [1.82, 2.24) is 24.9 Å². The van der Waals surface area contributed by atoms with Crippen molar-refractivity contribution in [3.05, 3.63) is 47.6 Å². The molecule has 0 saturated carbocycles. The molecule has 8 nitrogen and oxygen atoms in total. The van der Waals surface area contributed by atoms with Gasteiger partial charge in [0, 0.05) is 31.3 Å². The zero-order valence-corrected chi connectivity index (χ0v) is 18.4. The molecule has 1 aliphatic heterocycles. The molecule has 0 unspecified atom stereocenters. The first-order chi connectivity index (χ1) is 14.9. The van der Waals surface area contributed by atoms with Gasteiger partial charge in [-0.3, -0.25) is 9.59 Å². The predicted molar refractivity (Wildman–Crippen MR) is 116 cm³/mol. The number of carbonyl (C=O) groups is 2. The molecule has 8 heteroatoms. The van der Waals surface area contributed by atoms with E-state index in [9.17, 15) is 9.59 Å². The number of benzene rings is 1. The SMILES string of the molecule is CCc1cc(CNC(=O)[C@]2(C)CCCN(C(=O)c3ccc4c(c3)ncn4CC)C2)on1. The maximum Gasteiger partial charge on any atom is 0.253 e. The van der Waals surface area contributed by atoms with Gasteiger partial charge in [-0.2, -0.15) is 0 Å². The largest absolute Gasteiger partial charge is 0.359 e. The average Bonchev–Trinajstić information content (AvgIpc) is 3.42. The molecule has 3 aromatic rings. The van der Waals surface area contributed by atoms with E-state index in [1.54, 1.807) is 11.2 Å². The molecule has 0 radical (unpaired) electrons. The third kappa shape index (κ3) is 4.19. The zero-order chi connectivity index (χ0) is 22.0. The molecule has 3 heterocycles. The van der Waals surface area contributed by atoms with Gasteiger partial charge < -0.3 is 19.3 Å². The van der Waals surface area contributed by atoms with Crippen molar-refractivity contribution in [2.75, 3.05) is 13.1 Å². The minimum Gasteiger partial charge on any atom is -0.359 e. The number of amides is 2. The third-order valence-corrected chi connectivity index (χ3v) is 6.13. The molecule has 31 heavy (non-hydrogen) atoms. The van der Waals surface area contributed by atoms with Crippen LogP contribution in [0.1, 0.15) is 55.4 Å². The highest BCUT2D eigenvalue weighted by molar-refractivity contribution is 5.98. The van der Waals surface area contributed by atoms with Crippen LogP contribution in [0.3, 0.4) is 0 Å². The number of carbonyl (C=O) groups excluding carboxylic acids is 2. The van der Waals surface area contributed by atoms with E-state index in [4.69, 9.17) is 4.52 Å². The Morgan fingerprint density at radius 2 is 2.10 bits per heavy atom. The lowest BCUT2D eigenvalue weighted by atomic mass is 9.80. The van der Waals surface area contributed by atoms with Crippen LogP contribution in [0, 0.1) is 5.41 Å². The second-order valence-corrected chi connectivity index (χ2v) is 8.45. The van der Waals surface area contributed by atoms with E-state index >= 15 is 0 Å². The molecule has 1 saturated heterocycles. The fourth-order valence-electron chi connectivity index (χ4n) is 4.22. The Morgan fingerprint density at radius 1 is 1.26 bits per heavy atom. The molecule has 4 rings (SSSR count). The van der Waals surface area contributed by atoms with Crippen LogP contribution in [0.25, 0.3) is 11.0 Å². The summed E-state index contributed by atoms with van der Waals surface area (Å²) in [6, 6.07) is 7.48. The summed E-state index contributed by atoms with van der Waals surface area (Å²) in [7, 11) is 0. The molecule has 2 aromatic heterocycles. The molecular weight excluding hydrogens is 394 g/mol. The van der Waals surface area contributed by atoms with Gasteiger partial charge in [0.05, 0.1) is 35.0 Å². The first-order valence-corrected chi connectivity index (χ1v) is 10.9. The van der Waals surface area contributed by atoms with Crippen molar-refractivity contribution in [3.8, 4) is 0 Å². The van der Waals surface area contributed by atoms with Gasteiger partial charge >= 0.3 is 0 Å². The minimum absolute atomic E-state index is 0.0607. The number of hydrogen-bond donors (Lipinski definition) is 1. The number of rotatable bonds is 6. The Morgan fingerprint density at radius 3 is 2.84 bits per heavy atom. The Bertz CT molecular complexity index is 1100. The maximum absolute atomic E-state index is 13.2. The topological polar surface area (TPSA) is 93.3 Å². The van der Waals surface area contributed by atoms with Crippen LogP contribution in [-0.2, 0) is 24.3 Å². The van der Waals surface area contributed by atoms with Crippen LogP contribution in [0.2, 0.25) is 0 Å². The molecule has 2 amide bonds. The molecular formula is C23H29N5O3. The first kappa shape index (κ1) is 21.1. The van der Waals surface area contributed by atoms with Gasteiger partial charge in [-0.15, -0.1) is 0 Å².